The minimum absolute atomic E-state index is 0.0761. The number of amides is 1. The van der Waals surface area contributed by atoms with Gasteiger partial charge in [-0.05, 0) is 62.1 Å². The van der Waals surface area contributed by atoms with Gasteiger partial charge in [-0.15, -0.1) is 0 Å². The van der Waals surface area contributed by atoms with E-state index < -0.39 is 5.97 Å². The van der Waals surface area contributed by atoms with E-state index in [0.29, 0.717) is 23.6 Å². The van der Waals surface area contributed by atoms with Crippen LogP contribution in [0.5, 0.6) is 6.01 Å². The minimum atomic E-state index is -0.704. The number of rotatable bonds is 5. The second-order valence-corrected chi connectivity index (χ2v) is 8.98. The largest absolute Gasteiger partial charge is 0.481 e. The number of nitrogens with zero attached hydrogens (tertiary/aromatic N) is 3. The number of methoxy groups -OCH3 is 1. The standard InChI is InChI=1S/C24H30N4O4/c1-13-12-19-20(21(25)27-24(26-19)32-3)22(29)28(13)18-10-8-17(9-11-18)16-6-4-15(5-7-16)14(2)23(30)31/h8-11,13-16H,4-7,12H2,1-3H3,(H,30,31)(H2,25,26,27)/t13-,14?,15-,16-/m1/s1. The zero-order chi connectivity index (χ0) is 23.0. The fraction of sp³-hybridized carbons (Fsp3) is 0.500. The van der Waals surface area contributed by atoms with Crippen molar-refractivity contribution in [2.24, 2.45) is 11.8 Å². The summed E-state index contributed by atoms with van der Waals surface area (Å²) in [4.78, 5) is 34.7. The molecule has 3 N–H and O–H groups in total. The van der Waals surface area contributed by atoms with Crippen molar-refractivity contribution in [1.29, 1.82) is 0 Å². The van der Waals surface area contributed by atoms with Gasteiger partial charge >= 0.3 is 12.0 Å². The Bertz CT molecular complexity index is 1020. The predicted octanol–water partition coefficient (Wildman–Crippen LogP) is 3.65. The third-order valence-electron chi connectivity index (χ3n) is 7.05. The maximum Gasteiger partial charge on any atom is 0.318 e. The topological polar surface area (TPSA) is 119 Å². The molecule has 1 fully saturated rings. The molecule has 2 atom stereocenters. The zero-order valence-corrected chi connectivity index (χ0v) is 18.7. The first-order chi connectivity index (χ1) is 15.3. The number of carbonyl (C=O) groups excluding carboxylic acids is 1. The molecule has 0 spiro atoms. The molecule has 1 aliphatic heterocycles. The molecule has 1 unspecified atom stereocenters. The van der Waals surface area contributed by atoms with Crippen molar-refractivity contribution in [2.75, 3.05) is 17.7 Å². The molecule has 4 rings (SSSR count). The van der Waals surface area contributed by atoms with Crippen LogP contribution in [-0.4, -0.2) is 40.1 Å². The van der Waals surface area contributed by atoms with Gasteiger partial charge in [-0.1, -0.05) is 19.1 Å². The van der Waals surface area contributed by atoms with Crippen LogP contribution in [-0.2, 0) is 11.2 Å². The number of benzene rings is 1. The maximum absolute atomic E-state index is 13.3. The van der Waals surface area contributed by atoms with Crippen LogP contribution >= 0.6 is 0 Å². The van der Waals surface area contributed by atoms with Gasteiger partial charge in [0.1, 0.15) is 11.4 Å². The first-order valence-electron chi connectivity index (χ1n) is 11.2. The highest BCUT2D eigenvalue weighted by Gasteiger charge is 2.35. The van der Waals surface area contributed by atoms with E-state index >= 15 is 0 Å². The van der Waals surface area contributed by atoms with Crippen LogP contribution in [0.15, 0.2) is 24.3 Å². The van der Waals surface area contributed by atoms with Crippen LogP contribution in [0.25, 0.3) is 0 Å². The second-order valence-electron chi connectivity index (χ2n) is 8.98. The van der Waals surface area contributed by atoms with Gasteiger partial charge in [-0.25, -0.2) is 0 Å². The van der Waals surface area contributed by atoms with Crippen LogP contribution < -0.4 is 15.4 Å². The van der Waals surface area contributed by atoms with Crippen molar-refractivity contribution in [3.05, 3.63) is 41.1 Å². The average molecular weight is 439 g/mol. The fourth-order valence-electron chi connectivity index (χ4n) is 5.10. The van der Waals surface area contributed by atoms with E-state index in [-0.39, 0.29) is 35.6 Å². The number of carbonyl (C=O) groups is 2. The third-order valence-corrected chi connectivity index (χ3v) is 7.05. The average Bonchev–Trinajstić information content (AvgIpc) is 2.78. The minimum Gasteiger partial charge on any atom is -0.481 e. The normalized spacial score (nSPS) is 24.0. The molecule has 1 saturated carbocycles. The molecule has 1 aromatic heterocycles. The maximum atomic E-state index is 13.3. The van der Waals surface area contributed by atoms with Gasteiger partial charge in [0.25, 0.3) is 5.91 Å². The van der Waals surface area contributed by atoms with E-state index in [1.54, 1.807) is 4.90 Å². The summed E-state index contributed by atoms with van der Waals surface area (Å²) < 4.78 is 5.09. The Labute approximate surface area is 187 Å². The van der Waals surface area contributed by atoms with Gasteiger partial charge in [0.15, 0.2) is 0 Å². The Kier molecular flexibility index (Phi) is 6.04. The fourth-order valence-corrected chi connectivity index (χ4v) is 5.10. The third kappa shape index (κ3) is 4.01. The Hall–Kier alpha value is -3.16. The van der Waals surface area contributed by atoms with Crippen LogP contribution in [0, 0.1) is 11.8 Å². The lowest BCUT2D eigenvalue weighted by Crippen LogP contribution is -2.45. The molecule has 8 heteroatoms. The lowest BCUT2D eigenvalue weighted by atomic mass is 9.74. The van der Waals surface area contributed by atoms with Crippen molar-refractivity contribution in [3.8, 4) is 6.01 Å². The molecule has 0 saturated heterocycles. The van der Waals surface area contributed by atoms with Crippen molar-refractivity contribution in [1.82, 2.24) is 9.97 Å². The SMILES string of the molecule is COc1nc(N)c2c(n1)C[C@@H](C)N(c1ccc([C@H]3CC[C@H](C(C)C(=O)O)CC3)cc1)C2=O. The number of carboxylic acid groups (broad SMARTS) is 1. The summed E-state index contributed by atoms with van der Waals surface area (Å²) in [5.74, 6) is -0.380. The molecule has 170 valence electrons. The van der Waals surface area contributed by atoms with E-state index in [1.807, 2.05) is 26.0 Å². The number of carboxylic acids is 1. The zero-order valence-electron chi connectivity index (χ0n) is 18.7. The first-order valence-corrected chi connectivity index (χ1v) is 11.2. The Morgan fingerprint density at radius 1 is 1.19 bits per heavy atom. The predicted molar refractivity (Wildman–Crippen MR) is 121 cm³/mol. The molecule has 8 nitrogen and oxygen atoms in total. The lowest BCUT2D eigenvalue weighted by molar-refractivity contribution is -0.143. The molecule has 2 aromatic rings. The number of aliphatic carboxylic acids is 1. The van der Waals surface area contributed by atoms with E-state index in [1.165, 1.54) is 12.7 Å². The number of hydrogen-bond donors (Lipinski definition) is 2. The molecule has 1 aliphatic carbocycles. The number of anilines is 2. The Morgan fingerprint density at radius 3 is 2.44 bits per heavy atom. The molecule has 2 aliphatic rings. The van der Waals surface area contributed by atoms with Crippen molar-refractivity contribution < 1.29 is 19.4 Å². The smallest absolute Gasteiger partial charge is 0.318 e. The van der Waals surface area contributed by atoms with Gasteiger partial charge in [0, 0.05) is 18.2 Å². The summed E-state index contributed by atoms with van der Waals surface area (Å²) in [6.07, 6.45) is 4.41. The highest BCUT2D eigenvalue weighted by molar-refractivity contribution is 6.11. The van der Waals surface area contributed by atoms with Crippen molar-refractivity contribution in [2.45, 2.75) is 57.9 Å². The van der Waals surface area contributed by atoms with Gasteiger partial charge < -0.3 is 20.5 Å². The molecule has 0 radical (unpaired) electrons. The van der Waals surface area contributed by atoms with Crippen LogP contribution in [0.1, 0.15) is 67.1 Å². The van der Waals surface area contributed by atoms with Gasteiger partial charge in [-0.3, -0.25) is 9.59 Å². The van der Waals surface area contributed by atoms with E-state index in [4.69, 9.17) is 10.5 Å². The number of nitrogen functional groups attached to an aromatic ring is 1. The van der Waals surface area contributed by atoms with E-state index in [9.17, 15) is 14.7 Å². The van der Waals surface area contributed by atoms with Gasteiger partial charge in [0.2, 0.25) is 0 Å². The second kappa shape index (κ2) is 8.76. The van der Waals surface area contributed by atoms with Crippen LogP contribution in [0.3, 0.4) is 0 Å². The van der Waals surface area contributed by atoms with Crippen molar-refractivity contribution in [3.63, 3.8) is 0 Å². The number of ether oxygens (including phenoxy) is 1. The molecular weight excluding hydrogens is 408 g/mol. The quantitative estimate of drug-likeness (QED) is 0.731. The summed E-state index contributed by atoms with van der Waals surface area (Å²) in [5, 5.41) is 9.26. The number of aromatic nitrogens is 2. The molecular formula is C24H30N4O4. The summed E-state index contributed by atoms with van der Waals surface area (Å²) in [6, 6.07) is 8.25. The van der Waals surface area contributed by atoms with Crippen LogP contribution in [0.4, 0.5) is 11.5 Å². The lowest BCUT2D eigenvalue weighted by Gasteiger charge is -2.35. The summed E-state index contributed by atoms with van der Waals surface area (Å²) in [7, 11) is 1.47. The first kappa shape index (κ1) is 22.0. The van der Waals surface area contributed by atoms with Gasteiger partial charge in [0.05, 0.1) is 18.7 Å². The highest BCUT2D eigenvalue weighted by atomic mass is 16.5. The summed E-state index contributed by atoms with van der Waals surface area (Å²) in [6.45, 7) is 3.80. The summed E-state index contributed by atoms with van der Waals surface area (Å²) >= 11 is 0. The number of hydrogen-bond acceptors (Lipinski definition) is 6. The Morgan fingerprint density at radius 2 is 1.84 bits per heavy atom. The number of nitrogens with two attached hydrogens (primary N) is 1. The van der Waals surface area contributed by atoms with E-state index in [2.05, 4.69) is 22.1 Å². The molecule has 1 amide bonds. The number of fused-ring (bicyclic) bond motifs is 1. The van der Waals surface area contributed by atoms with Crippen molar-refractivity contribution >= 4 is 23.4 Å². The molecule has 2 heterocycles. The summed E-state index contributed by atoms with van der Waals surface area (Å²) in [5.41, 5.74) is 9.07. The molecule has 32 heavy (non-hydrogen) atoms. The monoisotopic (exact) mass is 438 g/mol. The van der Waals surface area contributed by atoms with E-state index in [0.717, 1.165) is 31.4 Å². The molecule has 1 aromatic carbocycles. The van der Waals surface area contributed by atoms with Crippen LogP contribution in [0.2, 0.25) is 0 Å². The Balaban J connectivity index is 1.50. The highest BCUT2D eigenvalue weighted by Crippen LogP contribution is 2.39. The molecule has 0 bridgehead atoms. The van der Waals surface area contributed by atoms with Gasteiger partial charge in [-0.2, -0.15) is 9.97 Å².